The molecule has 2 saturated carbocycles. The first-order chi connectivity index (χ1) is 9.13. The van der Waals surface area contributed by atoms with E-state index in [1.54, 1.807) is 0 Å². The Morgan fingerprint density at radius 1 is 1.26 bits per heavy atom. The van der Waals surface area contributed by atoms with Crippen LogP contribution >= 0.6 is 0 Å². The van der Waals surface area contributed by atoms with Gasteiger partial charge in [-0.25, -0.2) is 4.79 Å². The number of aliphatic hydroxyl groups is 1. The van der Waals surface area contributed by atoms with Gasteiger partial charge in [0.2, 0.25) is 0 Å². The highest BCUT2D eigenvalue weighted by molar-refractivity contribution is 5.74. The van der Waals surface area contributed by atoms with Gasteiger partial charge in [-0.15, -0.1) is 0 Å². The van der Waals surface area contributed by atoms with E-state index in [1.165, 1.54) is 32.1 Å². The van der Waals surface area contributed by atoms with E-state index in [2.05, 4.69) is 17.6 Å². The summed E-state index contributed by atoms with van der Waals surface area (Å²) in [6.07, 6.45) is 9.51. The zero-order valence-electron chi connectivity index (χ0n) is 12.1. The zero-order valence-corrected chi connectivity index (χ0v) is 12.1. The first-order valence-corrected chi connectivity index (χ1v) is 7.86. The van der Waals surface area contributed by atoms with E-state index in [0.717, 1.165) is 32.2 Å². The van der Waals surface area contributed by atoms with E-state index in [9.17, 15) is 9.90 Å². The second-order valence-electron chi connectivity index (χ2n) is 6.44. The van der Waals surface area contributed by atoms with Crippen molar-refractivity contribution in [3.05, 3.63) is 0 Å². The lowest BCUT2D eigenvalue weighted by Gasteiger charge is -2.42. The fourth-order valence-corrected chi connectivity index (χ4v) is 3.45. The molecule has 2 fully saturated rings. The Labute approximate surface area is 116 Å². The average Bonchev–Trinajstić information content (AvgIpc) is 2.35. The van der Waals surface area contributed by atoms with E-state index < -0.39 is 0 Å². The van der Waals surface area contributed by atoms with E-state index in [-0.39, 0.29) is 18.2 Å². The molecule has 4 heteroatoms. The van der Waals surface area contributed by atoms with Crippen molar-refractivity contribution in [1.29, 1.82) is 0 Å². The molecule has 0 bridgehead atoms. The number of urea groups is 1. The van der Waals surface area contributed by atoms with Crippen LogP contribution in [0, 0.1) is 5.41 Å². The summed E-state index contributed by atoms with van der Waals surface area (Å²) in [5, 5.41) is 15.5. The topological polar surface area (TPSA) is 61.4 Å². The number of amides is 2. The van der Waals surface area contributed by atoms with Gasteiger partial charge < -0.3 is 15.7 Å². The van der Waals surface area contributed by atoms with Crippen molar-refractivity contribution in [3.8, 4) is 0 Å². The third-order valence-electron chi connectivity index (χ3n) is 4.85. The SMILES string of the molecule is CCCC1(CNC(=O)NC2CCC(O)CC2)CCC1. The molecule has 110 valence electrons. The number of hydrogen-bond donors (Lipinski definition) is 3. The Hall–Kier alpha value is -0.770. The van der Waals surface area contributed by atoms with Crippen molar-refractivity contribution in [3.63, 3.8) is 0 Å². The van der Waals surface area contributed by atoms with E-state index in [1.807, 2.05) is 0 Å². The molecule has 0 aromatic carbocycles. The number of rotatable bonds is 5. The van der Waals surface area contributed by atoms with Gasteiger partial charge in [-0.1, -0.05) is 19.8 Å². The Morgan fingerprint density at radius 2 is 1.95 bits per heavy atom. The Balaban J connectivity index is 1.67. The Bertz CT molecular complexity index is 295. The van der Waals surface area contributed by atoms with Crippen molar-refractivity contribution in [1.82, 2.24) is 10.6 Å². The number of aliphatic hydroxyl groups excluding tert-OH is 1. The van der Waals surface area contributed by atoms with Crippen molar-refractivity contribution in [2.75, 3.05) is 6.54 Å². The Kier molecular flexibility index (Phi) is 5.08. The lowest BCUT2D eigenvalue weighted by Crippen LogP contribution is -2.49. The second-order valence-corrected chi connectivity index (χ2v) is 6.44. The van der Waals surface area contributed by atoms with Crippen molar-refractivity contribution in [2.24, 2.45) is 5.41 Å². The third-order valence-corrected chi connectivity index (χ3v) is 4.85. The fourth-order valence-electron chi connectivity index (χ4n) is 3.45. The smallest absolute Gasteiger partial charge is 0.315 e. The van der Waals surface area contributed by atoms with Gasteiger partial charge in [0.1, 0.15) is 0 Å². The van der Waals surface area contributed by atoms with Crippen LogP contribution in [0.25, 0.3) is 0 Å². The normalized spacial score (nSPS) is 29.4. The number of carbonyl (C=O) groups excluding carboxylic acids is 1. The number of carbonyl (C=O) groups is 1. The molecule has 3 N–H and O–H groups in total. The van der Waals surface area contributed by atoms with Crippen LogP contribution < -0.4 is 10.6 Å². The molecular weight excluding hydrogens is 240 g/mol. The minimum absolute atomic E-state index is 0.0243. The molecule has 2 aliphatic rings. The molecule has 2 rings (SSSR count). The van der Waals surface area contributed by atoms with Gasteiger partial charge in [-0.2, -0.15) is 0 Å². The monoisotopic (exact) mass is 268 g/mol. The molecule has 0 unspecified atom stereocenters. The molecular formula is C15H28N2O2. The molecule has 4 nitrogen and oxygen atoms in total. The third kappa shape index (κ3) is 4.10. The van der Waals surface area contributed by atoms with Crippen LogP contribution in [0.3, 0.4) is 0 Å². The van der Waals surface area contributed by atoms with Crippen LogP contribution in [0.15, 0.2) is 0 Å². The first kappa shape index (κ1) is 14.6. The van der Waals surface area contributed by atoms with Gasteiger partial charge in [-0.05, 0) is 50.4 Å². The second kappa shape index (κ2) is 6.60. The number of nitrogens with one attached hydrogen (secondary N) is 2. The molecule has 0 aromatic rings. The molecule has 2 amide bonds. The molecule has 0 atom stereocenters. The van der Waals surface area contributed by atoms with Gasteiger partial charge in [-0.3, -0.25) is 0 Å². The summed E-state index contributed by atoms with van der Waals surface area (Å²) < 4.78 is 0. The summed E-state index contributed by atoms with van der Waals surface area (Å²) in [7, 11) is 0. The number of hydrogen-bond acceptors (Lipinski definition) is 2. The van der Waals surface area contributed by atoms with Gasteiger partial charge >= 0.3 is 6.03 Å². The van der Waals surface area contributed by atoms with Gasteiger partial charge in [0, 0.05) is 12.6 Å². The molecule has 0 aliphatic heterocycles. The Morgan fingerprint density at radius 3 is 2.47 bits per heavy atom. The molecule has 0 spiro atoms. The van der Waals surface area contributed by atoms with E-state index in [4.69, 9.17) is 0 Å². The largest absolute Gasteiger partial charge is 0.393 e. The van der Waals surface area contributed by atoms with Crippen molar-refractivity contribution in [2.45, 2.75) is 76.9 Å². The molecule has 0 saturated heterocycles. The van der Waals surface area contributed by atoms with Crippen molar-refractivity contribution < 1.29 is 9.90 Å². The van der Waals surface area contributed by atoms with Crippen molar-refractivity contribution >= 4 is 6.03 Å². The molecule has 0 radical (unpaired) electrons. The van der Waals surface area contributed by atoms with E-state index in [0.29, 0.717) is 5.41 Å². The first-order valence-electron chi connectivity index (χ1n) is 7.86. The summed E-state index contributed by atoms with van der Waals surface area (Å²) in [4.78, 5) is 11.9. The minimum Gasteiger partial charge on any atom is -0.393 e. The highest BCUT2D eigenvalue weighted by Gasteiger charge is 2.36. The highest BCUT2D eigenvalue weighted by atomic mass is 16.3. The molecule has 0 heterocycles. The summed E-state index contributed by atoms with van der Waals surface area (Å²) in [5.74, 6) is 0. The zero-order chi connectivity index (χ0) is 13.7. The maximum absolute atomic E-state index is 11.9. The lowest BCUT2D eigenvalue weighted by molar-refractivity contribution is 0.111. The highest BCUT2D eigenvalue weighted by Crippen LogP contribution is 2.44. The van der Waals surface area contributed by atoms with Gasteiger partial charge in [0.25, 0.3) is 0 Å². The summed E-state index contributed by atoms with van der Waals surface area (Å²) in [6, 6.07) is 0.218. The van der Waals surface area contributed by atoms with Crippen LogP contribution in [-0.2, 0) is 0 Å². The van der Waals surface area contributed by atoms with Gasteiger partial charge in [0.15, 0.2) is 0 Å². The maximum Gasteiger partial charge on any atom is 0.315 e. The quantitative estimate of drug-likeness (QED) is 0.717. The summed E-state index contributed by atoms with van der Waals surface area (Å²) >= 11 is 0. The molecule has 19 heavy (non-hydrogen) atoms. The van der Waals surface area contributed by atoms with Crippen LogP contribution in [0.4, 0.5) is 4.79 Å². The van der Waals surface area contributed by atoms with E-state index >= 15 is 0 Å². The minimum atomic E-state index is -0.163. The van der Waals surface area contributed by atoms with Crippen LogP contribution in [-0.4, -0.2) is 29.8 Å². The standard InChI is InChI=1S/C15H28N2O2/c1-2-8-15(9-3-10-15)11-16-14(19)17-12-4-6-13(18)7-5-12/h12-13,18H,2-11H2,1H3,(H2,16,17,19). The van der Waals surface area contributed by atoms with Crippen LogP contribution in [0.5, 0.6) is 0 Å². The molecule has 2 aliphatic carbocycles. The predicted molar refractivity (Wildman–Crippen MR) is 76.0 cm³/mol. The maximum atomic E-state index is 11.9. The summed E-state index contributed by atoms with van der Waals surface area (Å²) in [5.41, 5.74) is 0.384. The summed E-state index contributed by atoms with van der Waals surface area (Å²) in [6.45, 7) is 3.04. The van der Waals surface area contributed by atoms with Crippen LogP contribution in [0.2, 0.25) is 0 Å². The van der Waals surface area contributed by atoms with Gasteiger partial charge in [0.05, 0.1) is 6.10 Å². The molecule has 0 aromatic heterocycles. The van der Waals surface area contributed by atoms with Crippen LogP contribution in [0.1, 0.15) is 64.7 Å². The predicted octanol–water partition coefficient (Wildman–Crippen LogP) is 2.56. The lowest BCUT2D eigenvalue weighted by atomic mass is 9.66. The average molecular weight is 268 g/mol. The fraction of sp³-hybridized carbons (Fsp3) is 0.933.